The zero-order valence-electron chi connectivity index (χ0n) is 5.84. The van der Waals surface area contributed by atoms with Gasteiger partial charge >= 0.3 is 0 Å². The number of aromatic nitrogens is 2. The number of anilines is 1. The smallest absolute Gasteiger partial charge is 0.203 e. The van der Waals surface area contributed by atoms with E-state index >= 15 is 0 Å². The summed E-state index contributed by atoms with van der Waals surface area (Å²) in [6.07, 6.45) is 0. The molecule has 0 aromatic carbocycles. The first-order valence-corrected chi connectivity index (χ1v) is 3.60. The van der Waals surface area contributed by atoms with Crippen LogP contribution in [0.1, 0.15) is 24.8 Å². The molecule has 0 saturated carbocycles. The Kier molecular flexibility index (Phi) is 3.81. The Morgan fingerprint density at radius 1 is 1.40 bits per heavy atom. The Hall–Kier alpha value is -0.160. The molecule has 1 aromatic rings. The average Bonchev–Trinajstić information content (AvgIpc) is 2.14. The Morgan fingerprint density at radius 3 is 2.20 bits per heavy atom. The topological polar surface area (TPSA) is 51.8 Å². The molecule has 0 aliphatic rings. The first-order valence-electron chi connectivity index (χ1n) is 2.79. The Balaban J connectivity index is 0.000000810. The van der Waals surface area contributed by atoms with E-state index in [9.17, 15) is 0 Å². The van der Waals surface area contributed by atoms with Gasteiger partial charge in [-0.3, -0.25) is 0 Å². The number of nitrogens with zero attached hydrogens (tertiary/aromatic N) is 2. The lowest BCUT2D eigenvalue weighted by Gasteiger charge is -1.92. The summed E-state index contributed by atoms with van der Waals surface area (Å²) in [7, 11) is 0. The lowest BCUT2D eigenvalue weighted by molar-refractivity contribution is -0.00000210. The molecule has 0 saturated heterocycles. The van der Waals surface area contributed by atoms with Crippen LogP contribution in [0.15, 0.2) is 0 Å². The molecule has 2 N–H and O–H groups in total. The van der Waals surface area contributed by atoms with Gasteiger partial charge in [0.25, 0.3) is 0 Å². The molecular formula is C5H9BrN3S-. The van der Waals surface area contributed by atoms with Crippen molar-refractivity contribution >= 4 is 16.5 Å². The highest BCUT2D eigenvalue weighted by Gasteiger charge is 2.03. The van der Waals surface area contributed by atoms with E-state index in [-0.39, 0.29) is 17.0 Å². The molecule has 0 bridgehead atoms. The third kappa shape index (κ3) is 2.22. The highest BCUT2D eigenvalue weighted by molar-refractivity contribution is 7.15. The molecule has 0 aliphatic heterocycles. The Morgan fingerprint density at radius 2 is 2.00 bits per heavy atom. The van der Waals surface area contributed by atoms with E-state index in [0.29, 0.717) is 11.0 Å². The zero-order valence-corrected chi connectivity index (χ0v) is 8.24. The summed E-state index contributed by atoms with van der Waals surface area (Å²) < 4.78 is 0. The van der Waals surface area contributed by atoms with Gasteiger partial charge in [0.05, 0.1) is 0 Å². The van der Waals surface area contributed by atoms with Gasteiger partial charge in [0.1, 0.15) is 5.01 Å². The lowest BCUT2D eigenvalue weighted by Crippen LogP contribution is -3.00. The largest absolute Gasteiger partial charge is 1.00 e. The first-order chi connectivity index (χ1) is 4.20. The van der Waals surface area contributed by atoms with Crippen LogP contribution in [-0.2, 0) is 0 Å². The van der Waals surface area contributed by atoms with Crippen molar-refractivity contribution in [2.24, 2.45) is 0 Å². The summed E-state index contributed by atoms with van der Waals surface area (Å²) in [6, 6.07) is 0. The van der Waals surface area contributed by atoms with Crippen molar-refractivity contribution in [3.8, 4) is 0 Å². The number of rotatable bonds is 1. The van der Waals surface area contributed by atoms with Gasteiger partial charge < -0.3 is 22.7 Å². The molecule has 0 fully saturated rings. The summed E-state index contributed by atoms with van der Waals surface area (Å²) in [6.45, 7) is 4.14. The van der Waals surface area contributed by atoms with Crippen molar-refractivity contribution in [3.63, 3.8) is 0 Å². The average molecular weight is 223 g/mol. The minimum absolute atomic E-state index is 0. The normalized spacial score (nSPS) is 9.50. The van der Waals surface area contributed by atoms with E-state index in [1.54, 1.807) is 0 Å². The second kappa shape index (κ2) is 3.88. The van der Waals surface area contributed by atoms with Crippen LogP contribution in [0.2, 0.25) is 0 Å². The number of hydrogen-bond donors (Lipinski definition) is 1. The third-order valence-electron chi connectivity index (χ3n) is 0.950. The number of nitrogens with two attached hydrogens (primary N) is 1. The van der Waals surface area contributed by atoms with Crippen LogP contribution < -0.4 is 22.7 Å². The molecule has 0 unspecified atom stereocenters. The van der Waals surface area contributed by atoms with Gasteiger partial charge in [-0.2, -0.15) is 0 Å². The number of halogens is 1. The molecule has 5 heteroatoms. The third-order valence-corrected chi connectivity index (χ3v) is 2.00. The molecular weight excluding hydrogens is 214 g/mol. The van der Waals surface area contributed by atoms with E-state index in [1.807, 2.05) is 0 Å². The van der Waals surface area contributed by atoms with Crippen molar-refractivity contribution in [2.45, 2.75) is 19.8 Å². The molecule has 1 rings (SSSR count). The summed E-state index contributed by atoms with van der Waals surface area (Å²) >= 11 is 1.45. The minimum Gasteiger partial charge on any atom is -1.00 e. The predicted octanol–water partition coefficient (Wildman–Crippen LogP) is -1.75. The predicted molar refractivity (Wildman–Crippen MR) is 38.4 cm³/mol. The maximum atomic E-state index is 5.36. The van der Waals surface area contributed by atoms with Gasteiger partial charge in [0, 0.05) is 5.92 Å². The van der Waals surface area contributed by atoms with E-state index in [2.05, 4.69) is 24.0 Å². The SMILES string of the molecule is CC(C)c1nnc(N)s1.[Br-]. The molecule has 1 aromatic heterocycles. The van der Waals surface area contributed by atoms with Crippen molar-refractivity contribution < 1.29 is 17.0 Å². The highest BCUT2D eigenvalue weighted by Crippen LogP contribution is 2.19. The van der Waals surface area contributed by atoms with Gasteiger partial charge in [-0.25, -0.2) is 0 Å². The maximum absolute atomic E-state index is 5.36. The van der Waals surface area contributed by atoms with E-state index in [4.69, 9.17) is 5.73 Å². The molecule has 0 spiro atoms. The Labute approximate surface area is 74.4 Å². The van der Waals surface area contributed by atoms with Crippen LogP contribution in [-0.4, -0.2) is 10.2 Å². The number of nitrogen functional groups attached to an aromatic ring is 1. The molecule has 3 nitrogen and oxygen atoms in total. The second-order valence-corrected chi connectivity index (χ2v) is 3.17. The molecule has 10 heavy (non-hydrogen) atoms. The van der Waals surface area contributed by atoms with Gasteiger partial charge in [-0.05, 0) is 0 Å². The summed E-state index contributed by atoms with van der Waals surface area (Å²) in [5.41, 5.74) is 5.36. The van der Waals surface area contributed by atoms with Gasteiger partial charge in [0.15, 0.2) is 0 Å². The molecule has 0 amide bonds. The fraction of sp³-hybridized carbons (Fsp3) is 0.600. The van der Waals surface area contributed by atoms with Crippen LogP contribution in [0.25, 0.3) is 0 Å². The standard InChI is InChI=1S/C5H9N3S.BrH/c1-3(2)4-7-8-5(6)9-4;/h3H,1-2H3,(H2,6,8);1H/p-1. The van der Waals surface area contributed by atoms with Crippen LogP contribution in [0, 0.1) is 0 Å². The highest BCUT2D eigenvalue weighted by atomic mass is 79.9. The molecule has 58 valence electrons. The van der Waals surface area contributed by atoms with Gasteiger partial charge in [-0.1, -0.05) is 25.2 Å². The maximum Gasteiger partial charge on any atom is 0.203 e. The minimum atomic E-state index is 0. The van der Waals surface area contributed by atoms with Crippen molar-refractivity contribution in [3.05, 3.63) is 5.01 Å². The Bertz CT molecular complexity index is 199. The molecule has 1 heterocycles. The van der Waals surface area contributed by atoms with Crippen LogP contribution in [0.3, 0.4) is 0 Å². The van der Waals surface area contributed by atoms with E-state index < -0.39 is 0 Å². The van der Waals surface area contributed by atoms with Gasteiger partial charge in [0.2, 0.25) is 5.13 Å². The van der Waals surface area contributed by atoms with Crippen LogP contribution >= 0.6 is 11.3 Å². The van der Waals surface area contributed by atoms with E-state index in [1.165, 1.54) is 11.3 Å². The van der Waals surface area contributed by atoms with Crippen molar-refractivity contribution in [1.29, 1.82) is 0 Å². The monoisotopic (exact) mass is 222 g/mol. The summed E-state index contributed by atoms with van der Waals surface area (Å²) in [5, 5.41) is 9.10. The molecule has 0 radical (unpaired) electrons. The first kappa shape index (κ1) is 9.84. The fourth-order valence-corrected chi connectivity index (χ4v) is 1.09. The fourth-order valence-electron chi connectivity index (χ4n) is 0.480. The quantitative estimate of drug-likeness (QED) is 0.614. The van der Waals surface area contributed by atoms with Crippen molar-refractivity contribution in [1.82, 2.24) is 10.2 Å². The van der Waals surface area contributed by atoms with Crippen LogP contribution in [0.5, 0.6) is 0 Å². The zero-order chi connectivity index (χ0) is 6.85. The summed E-state index contributed by atoms with van der Waals surface area (Å²) in [5.74, 6) is 0.444. The van der Waals surface area contributed by atoms with Crippen LogP contribution in [0.4, 0.5) is 5.13 Å². The van der Waals surface area contributed by atoms with E-state index in [0.717, 1.165) is 5.01 Å². The summed E-state index contributed by atoms with van der Waals surface area (Å²) in [4.78, 5) is 0. The molecule has 0 atom stereocenters. The number of hydrogen-bond acceptors (Lipinski definition) is 4. The van der Waals surface area contributed by atoms with Crippen molar-refractivity contribution in [2.75, 3.05) is 5.73 Å². The van der Waals surface area contributed by atoms with Gasteiger partial charge in [-0.15, -0.1) is 10.2 Å². The lowest BCUT2D eigenvalue weighted by atomic mass is 10.2. The second-order valence-electron chi connectivity index (χ2n) is 2.13. The molecule has 0 aliphatic carbocycles.